The first-order valence-corrected chi connectivity index (χ1v) is 6.12. The second-order valence-electron chi connectivity index (χ2n) is 3.97. The Balaban J connectivity index is 2.13. The number of Topliss-reactive ketones (excluding diaryl/α,β-unsaturated/α-hetero) is 1. The van der Waals surface area contributed by atoms with Gasteiger partial charge in [0.15, 0.2) is 0 Å². The van der Waals surface area contributed by atoms with Crippen molar-refractivity contribution < 1.29 is 4.79 Å². The lowest BCUT2D eigenvalue weighted by molar-refractivity contribution is -0.116. The lowest BCUT2D eigenvalue weighted by Crippen LogP contribution is -2.05. The average Bonchev–Trinajstić information content (AvgIpc) is 2.69. The van der Waals surface area contributed by atoms with Crippen molar-refractivity contribution in [1.29, 1.82) is 0 Å². The van der Waals surface area contributed by atoms with Crippen LogP contribution in [0.25, 0.3) is 0 Å². The molecule has 0 radical (unpaired) electrons. The normalized spacial score (nSPS) is 10.6. The highest BCUT2D eigenvalue weighted by atomic mass is 35.5. The molecule has 18 heavy (non-hydrogen) atoms. The van der Waals surface area contributed by atoms with Gasteiger partial charge >= 0.3 is 0 Å². The van der Waals surface area contributed by atoms with Crippen LogP contribution in [0.15, 0.2) is 24.5 Å². The number of ketones is 1. The molecule has 2 aromatic heterocycles. The number of halogens is 2. The molecule has 0 aliphatic carbocycles. The maximum atomic E-state index is 11.0. The van der Waals surface area contributed by atoms with E-state index in [0.717, 1.165) is 5.69 Å². The summed E-state index contributed by atoms with van der Waals surface area (Å²) in [7, 11) is 0. The molecule has 0 fully saturated rings. The Morgan fingerprint density at radius 1 is 1.44 bits per heavy atom. The van der Waals surface area contributed by atoms with E-state index >= 15 is 0 Å². The van der Waals surface area contributed by atoms with Gasteiger partial charge in [0.05, 0.1) is 34.4 Å². The van der Waals surface area contributed by atoms with E-state index in [1.54, 1.807) is 23.1 Å². The summed E-state index contributed by atoms with van der Waals surface area (Å²) in [5, 5.41) is 5.28. The van der Waals surface area contributed by atoms with Crippen LogP contribution in [0.4, 0.5) is 0 Å². The van der Waals surface area contributed by atoms with E-state index in [0.29, 0.717) is 28.7 Å². The molecule has 6 heteroatoms. The van der Waals surface area contributed by atoms with Gasteiger partial charge in [-0.2, -0.15) is 5.10 Å². The standard InChI is InChI=1S/C12H11Cl2N3O/c1-8(18)4-10-2-3-17(16-10)7-12-11(14)5-9(13)6-15-12/h2-3,5-6H,4,7H2,1H3. The summed E-state index contributed by atoms with van der Waals surface area (Å²) in [6, 6.07) is 3.46. The molecule has 0 bridgehead atoms. The first-order chi connectivity index (χ1) is 8.54. The Morgan fingerprint density at radius 3 is 2.89 bits per heavy atom. The van der Waals surface area contributed by atoms with Gasteiger partial charge in [-0.1, -0.05) is 23.2 Å². The summed E-state index contributed by atoms with van der Waals surface area (Å²) in [6.45, 7) is 1.99. The largest absolute Gasteiger partial charge is 0.300 e. The van der Waals surface area contributed by atoms with Crippen LogP contribution in [-0.4, -0.2) is 20.5 Å². The van der Waals surface area contributed by atoms with Crippen LogP contribution in [0.1, 0.15) is 18.3 Å². The second kappa shape index (κ2) is 5.50. The minimum Gasteiger partial charge on any atom is -0.300 e. The van der Waals surface area contributed by atoms with Crippen molar-refractivity contribution in [2.75, 3.05) is 0 Å². The zero-order chi connectivity index (χ0) is 13.1. The van der Waals surface area contributed by atoms with E-state index in [9.17, 15) is 4.79 Å². The summed E-state index contributed by atoms with van der Waals surface area (Å²) in [6.07, 6.45) is 3.68. The SMILES string of the molecule is CC(=O)Cc1ccn(Cc2ncc(Cl)cc2Cl)n1. The maximum absolute atomic E-state index is 11.0. The third-order valence-electron chi connectivity index (χ3n) is 2.32. The Bertz CT molecular complexity index is 580. The van der Waals surface area contributed by atoms with Gasteiger partial charge in [-0.15, -0.1) is 0 Å². The lowest BCUT2D eigenvalue weighted by Gasteiger charge is -2.03. The summed E-state index contributed by atoms with van der Waals surface area (Å²) >= 11 is 11.8. The molecule has 2 rings (SSSR count). The first kappa shape index (κ1) is 13.1. The summed E-state index contributed by atoms with van der Waals surface area (Å²) in [5.74, 6) is 0.0860. The summed E-state index contributed by atoms with van der Waals surface area (Å²) < 4.78 is 1.69. The molecule has 0 aliphatic heterocycles. The zero-order valence-electron chi connectivity index (χ0n) is 9.73. The molecule has 2 aromatic rings. The summed E-state index contributed by atoms with van der Waals surface area (Å²) in [5.41, 5.74) is 1.44. The molecule has 2 heterocycles. The highest BCUT2D eigenvalue weighted by Crippen LogP contribution is 2.19. The summed E-state index contributed by atoms with van der Waals surface area (Å²) in [4.78, 5) is 15.1. The first-order valence-electron chi connectivity index (χ1n) is 5.36. The smallest absolute Gasteiger partial charge is 0.135 e. The van der Waals surface area contributed by atoms with Crippen molar-refractivity contribution in [1.82, 2.24) is 14.8 Å². The number of hydrogen-bond acceptors (Lipinski definition) is 3. The molecule has 0 spiro atoms. The number of carbonyl (C=O) groups excluding carboxylic acids is 1. The molecule has 0 atom stereocenters. The Kier molecular flexibility index (Phi) is 3.99. The Labute approximate surface area is 115 Å². The zero-order valence-corrected chi connectivity index (χ0v) is 11.2. The predicted molar refractivity (Wildman–Crippen MR) is 70.0 cm³/mol. The average molecular weight is 284 g/mol. The highest BCUT2D eigenvalue weighted by Gasteiger charge is 2.06. The van der Waals surface area contributed by atoms with Gasteiger partial charge in [-0.3, -0.25) is 14.5 Å². The van der Waals surface area contributed by atoms with Gasteiger partial charge < -0.3 is 0 Å². The number of rotatable bonds is 4. The molecule has 0 aromatic carbocycles. The quantitative estimate of drug-likeness (QED) is 0.867. The van der Waals surface area contributed by atoms with Crippen molar-refractivity contribution in [2.45, 2.75) is 19.9 Å². The second-order valence-corrected chi connectivity index (χ2v) is 4.81. The van der Waals surface area contributed by atoms with Crippen LogP contribution in [0.5, 0.6) is 0 Å². The third-order valence-corrected chi connectivity index (χ3v) is 2.86. The van der Waals surface area contributed by atoms with E-state index in [2.05, 4.69) is 10.1 Å². The number of nitrogens with zero attached hydrogens (tertiary/aromatic N) is 3. The third kappa shape index (κ3) is 3.31. The highest BCUT2D eigenvalue weighted by molar-refractivity contribution is 6.34. The Hall–Kier alpha value is -1.39. The fraction of sp³-hybridized carbons (Fsp3) is 0.250. The van der Waals surface area contributed by atoms with Gasteiger partial charge in [-0.05, 0) is 19.1 Å². The topological polar surface area (TPSA) is 47.8 Å². The van der Waals surface area contributed by atoms with E-state index in [4.69, 9.17) is 23.2 Å². The van der Waals surface area contributed by atoms with Crippen molar-refractivity contribution >= 4 is 29.0 Å². The minimum atomic E-state index is 0.0860. The van der Waals surface area contributed by atoms with Crippen molar-refractivity contribution in [3.8, 4) is 0 Å². The molecule has 94 valence electrons. The number of hydrogen-bond donors (Lipinski definition) is 0. The van der Waals surface area contributed by atoms with Gasteiger partial charge in [0, 0.05) is 12.4 Å². The van der Waals surface area contributed by atoms with E-state index < -0.39 is 0 Å². The monoisotopic (exact) mass is 283 g/mol. The molecule has 0 saturated carbocycles. The van der Waals surface area contributed by atoms with Crippen LogP contribution in [0.2, 0.25) is 10.0 Å². The molecular weight excluding hydrogens is 273 g/mol. The van der Waals surface area contributed by atoms with E-state index in [1.165, 1.54) is 6.92 Å². The fourth-order valence-electron chi connectivity index (χ4n) is 1.55. The predicted octanol–water partition coefficient (Wildman–Crippen LogP) is 2.76. The van der Waals surface area contributed by atoms with Crippen LogP contribution in [-0.2, 0) is 17.8 Å². The van der Waals surface area contributed by atoms with Gasteiger partial charge in [0.25, 0.3) is 0 Å². The number of carbonyl (C=O) groups is 1. The Morgan fingerprint density at radius 2 is 2.22 bits per heavy atom. The van der Waals surface area contributed by atoms with Crippen LogP contribution >= 0.6 is 23.2 Å². The lowest BCUT2D eigenvalue weighted by atomic mass is 10.2. The molecule has 0 aliphatic rings. The van der Waals surface area contributed by atoms with E-state index in [1.807, 2.05) is 6.07 Å². The van der Waals surface area contributed by atoms with Crippen molar-refractivity contribution in [3.05, 3.63) is 46.0 Å². The molecule has 4 nitrogen and oxygen atoms in total. The molecule has 0 unspecified atom stereocenters. The maximum Gasteiger partial charge on any atom is 0.135 e. The molecular formula is C12H11Cl2N3O. The molecule has 0 amide bonds. The molecule has 0 N–H and O–H groups in total. The van der Waals surface area contributed by atoms with Gasteiger partial charge in [0.1, 0.15) is 5.78 Å². The van der Waals surface area contributed by atoms with Crippen LogP contribution in [0.3, 0.4) is 0 Å². The minimum absolute atomic E-state index is 0.0860. The number of aromatic nitrogens is 3. The van der Waals surface area contributed by atoms with Crippen LogP contribution < -0.4 is 0 Å². The van der Waals surface area contributed by atoms with Gasteiger partial charge in [0.2, 0.25) is 0 Å². The van der Waals surface area contributed by atoms with Crippen LogP contribution in [0, 0.1) is 0 Å². The van der Waals surface area contributed by atoms with Crippen molar-refractivity contribution in [3.63, 3.8) is 0 Å². The number of pyridine rings is 1. The van der Waals surface area contributed by atoms with Gasteiger partial charge in [-0.25, -0.2) is 0 Å². The van der Waals surface area contributed by atoms with Crippen molar-refractivity contribution in [2.24, 2.45) is 0 Å². The van der Waals surface area contributed by atoms with E-state index in [-0.39, 0.29) is 5.78 Å². The fourth-order valence-corrected chi connectivity index (χ4v) is 1.99. The molecule has 0 saturated heterocycles.